The summed E-state index contributed by atoms with van der Waals surface area (Å²) in [4.78, 5) is 14.6. The van der Waals surface area contributed by atoms with Crippen LogP contribution in [0.25, 0.3) is 11.1 Å². The number of aromatic carboxylic acids is 1. The number of hydrogen-bond acceptors (Lipinski definition) is 5. The second-order valence-corrected chi connectivity index (χ2v) is 6.39. The maximum Gasteiger partial charge on any atom is 0.353 e. The zero-order chi connectivity index (χ0) is 19.3. The summed E-state index contributed by atoms with van der Waals surface area (Å²) in [7, 11) is 4.61. The fourth-order valence-corrected chi connectivity index (χ4v) is 3.61. The first kappa shape index (κ1) is 20.1. The Hall–Kier alpha value is -2.19. The molecule has 4 N–H and O–H groups in total. The van der Waals surface area contributed by atoms with Crippen LogP contribution in [0.1, 0.15) is 29.0 Å². The van der Waals surface area contributed by atoms with Gasteiger partial charge >= 0.3 is 5.97 Å². The summed E-state index contributed by atoms with van der Waals surface area (Å²) < 4.78 is 16.8. The van der Waals surface area contributed by atoms with Crippen molar-refractivity contribution in [3.63, 3.8) is 0 Å². The molecule has 0 saturated heterocycles. The minimum Gasteiger partial charge on any atom is -0.493 e. The standard InChI is InChI=1S/C18H23BrN2O5/c1-24-12-8-7-10(16(25-2)17(12)26-3)13-11(6-4-5-9-20)21-15(14(13)19)18(22)23/h7-8,21H,4-6,9,20H2,1-3H3,(H,22,23). The van der Waals surface area contributed by atoms with Crippen LogP contribution in [0.4, 0.5) is 0 Å². The molecule has 0 bridgehead atoms. The Bertz CT molecular complexity index is 788. The predicted octanol–water partition coefficient (Wildman–Crippen LogP) is 3.45. The van der Waals surface area contributed by atoms with Gasteiger partial charge in [-0.25, -0.2) is 4.79 Å². The second kappa shape index (κ2) is 8.95. The van der Waals surface area contributed by atoms with Crippen molar-refractivity contribution in [2.75, 3.05) is 27.9 Å². The molecule has 1 heterocycles. The van der Waals surface area contributed by atoms with Crippen LogP contribution >= 0.6 is 15.9 Å². The molecule has 8 heteroatoms. The summed E-state index contributed by atoms with van der Waals surface area (Å²) in [5.74, 6) is 0.416. The average Bonchev–Trinajstić information content (AvgIpc) is 2.96. The van der Waals surface area contributed by atoms with Gasteiger partial charge in [-0.15, -0.1) is 0 Å². The quantitative estimate of drug-likeness (QED) is 0.530. The zero-order valence-electron chi connectivity index (χ0n) is 15.0. The molecule has 0 aliphatic carbocycles. The van der Waals surface area contributed by atoms with Crippen molar-refractivity contribution >= 4 is 21.9 Å². The predicted molar refractivity (Wildman–Crippen MR) is 103 cm³/mol. The molecule has 7 nitrogen and oxygen atoms in total. The van der Waals surface area contributed by atoms with Crippen LogP contribution in [-0.4, -0.2) is 43.9 Å². The third kappa shape index (κ3) is 3.81. The highest BCUT2D eigenvalue weighted by Gasteiger charge is 2.26. The highest BCUT2D eigenvalue weighted by molar-refractivity contribution is 9.10. The van der Waals surface area contributed by atoms with Crippen LogP contribution < -0.4 is 19.9 Å². The maximum atomic E-state index is 11.6. The molecule has 0 saturated carbocycles. The van der Waals surface area contributed by atoms with Gasteiger partial charge in [-0.05, 0) is 53.9 Å². The number of hydrogen-bond donors (Lipinski definition) is 3. The Labute approximate surface area is 160 Å². The number of aryl methyl sites for hydroxylation is 1. The van der Waals surface area contributed by atoms with Crippen LogP contribution in [0.15, 0.2) is 16.6 Å². The van der Waals surface area contributed by atoms with E-state index >= 15 is 0 Å². The van der Waals surface area contributed by atoms with Gasteiger partial charge in [-0.1, -0.05) is 0 Å². The number of methoxy groups -OCH3 is 3. The first-order chi connectivity index (χ1) is 12.5. The van der Waals surface area contributed by atoms with Crippen molar-refractivity contribution in [3.8, 4) is 28.4 Å². The van der Waals surface area contributed by atoms with Crippen LogP contribution in [0, 0.1) is 0 Å². The number of rotatable bonds is 9. The van der Waals surface area contributed by atoms with E-state index in [9.17, 15) is 9.90 Å². The number of unbranched alkanes of at least 4 members (excludes halogenated alkanes) is 1. The first-order valence-corrected chi connectivity index (χ1v) is 8.92. The van der Waals surface area contributed by atoms with E-state index in [1.165, 1.54) is 14.2 Å². The lowest BCUT2D eigenvalue weighted by molar-refractivity contribution is 0.0690. The lowest BCUT2D eigenvalue weighted by Crippen LogP contribution is -2.01. The van der Waals surface area contributed by atoms with Gasteiger partial charge < -0.3 is 30.0 Å². The summed E-state index contributed by atoms with van der Waals surface area (Å²) in [6.45, 7) is 0.586. The fraction of sp³-hybridized carbons (Fsp3) is 0.389. The van der Waals surface area contributed by atoms with Crippen molar-refractivity contribution in [2.45, 2.75) is 19.3 Å². The number of carboxylic acid groups (broad SMARTS) is 1. The molecule has 1 aromatic carbocycles. The van der Waals surface area contributed by atoms with E-state index in [-0.39, 0.29) is 5.69 Å². The van der Waals surface area contributed by atoms with Crippen molar-refractivity contribution < 1.29 is 24.1 Å². The van der Waals surface area contributed by atoms with E-state index in [2.05, 4.69) is 20.9 Å². The molecule has 0 radical (unpaired) electrons. The minimum absolute atomic E-state index is 0.0968. The Morgan fingerprint density at radius 2 is 1.85 bits per heavy atom. The highest BCUT2D eigenvalue weighted by Crippen LogP contribution is 2.47. The van der Waals surface area contributed by atoms with Crippen molar-refractivity contribution in [1.82, 2.24) is 4.98 Å². The smallest absolute Gasteiger partial charge is 0.353 e. The molecule has 1 aromatic heterocycles. The number of carbonyl (C=O) groups is 1. The SMILES string of the molecule is COc1ccc(-c2c(CCCCN)[nH]c(C(=O)O)c2Br)c(OC)c1OC. The molecule has 0 aliphatic heterocycles. The second-order valence-electron chi connectivity index (χ2n) is 5.60. The molecular weight excluding hydrogens is 404 g/mol. The largest absolute Gasteiger partial charge is 0.493 e. The monoisotopic (exact) mass is 426 g/mol. The van der Waals surface area contributed by atoms with Crippen LogP contribution in [0.5, 0.6) is 17.2 Å². The normalized spacial score (nSPS) is 10.7. The topological polar surface area (TPSA) is 107 Å². The molecule has 0 fully saturated rings. The molecule has 0 unspecified atom stereocenters. The summed E-state index contributed by atoms with van der Waals surface area (Å²) in [5, 5.41) is 9.47. The number of carboxylic acids is 1. The van der Waals surface area contributed by atoms with Gasteiger partial charge in [-0.2, -0.15) is 0 Å². The molecule has 26 heavy (non-hydrogen) atoms. The van der Waals surface area contributed by atoms with Gasteiger partial charge in [0.05, 0.1) is 25.8 Å². The van der Waals surface area contributed by atoms with Crippen LogP contribution in [-0.2, 0) is 6.42 Å². The highest BCUT2D eigenvalue weighted by atomic mass is 79.9. The average molecular weight is 427 g/mol. The minimum atomic E-state index is -1.04. The van der Waals surface area contributed by atoms with Gasteiger partial charge in [-0.3, -0.25) is 0 Å². The Morgan fingerprint density at radius 3 is 2.38 bits per heavy atom. The van der Waals surface area contributed by atoms with Gasteiger partial charge in [0.1, 0.15) is 5.69 Å². The number of halogens is 1. The Morgan fingerprint density at radius 1 is 1.15 bits per heavy atom. The van der Waals surface area contributed by atoms with E-state index in [0.29, 0.717) is 40.3 Å². The summed E-state index contributed by atoms with van der Waals surface area (Å²) in [6.07, 6.45) is 2.35. The molecule has 2 aromatic rings. The van der Waals surface area contributed by atoms with Gasteiger partial charge in [0.15, 0.2) is 11.5 Å². The molecule has 2 rings (SSSR count). The van der Waals surface area contributed by atoms with E-state index in [4.69, 9.17) is 19.9 Å². The summed E-state index contributed by atoms with van der Waals surface area (Å²) >= 11 is 3.43. The van der Waals surface area contributed by atoms with Crippen LogP contribution in [0.3, 0.4) is 0 Å². The van der Waals surface area contributed by atoms with E-state index in [1.807, 2.05) is 6.07 Å². The molecule has 0 amide bonds. The lowest BCUT2D eigenvalue weighted by Gasteiger charge is -2.16. The van der Waals surface area contributed by atoms with E-state index in [0.717, 1.165) is 24.1 Å². The van der Waals surface area contributed by atoms with Gasteiger partial charge in [0, 0.05) is 16.8 Å². The third-order valence-electron chi connectivity index (χ3n) is 4.08. The maximum absolute atomic E-state index is 11.6. The van der Waals surface area contributed by atoms with Crippen molar-refractivity contribution in [3.05, 3.63) is 28.0 Å². The molecule has 0 aliphatic rings. The van der Waals surface area contributed by atoms with Crippen LogP contribution in [0.2, 0.25) is 0 Å². The number of ether oxygens (including phenoxy) is 3. The Kier molecular flexibility index (Phi) is 6.93. The number of H-pyrrole nitrogens is 1. The lowest BCUT2D eigenvalue weighted by atomic mass is 10.0. The fourth-order valence-electron chi connectivity index (χ4n) is 2.89. The molecule has 0 atom stereocenters. The Balaban J connectivity index is 2.68. The first-order valence-electron chi connectivity index (χ1n) is 8.13. The zero-order valence-corrected chi connectivity index (χ0v) is 16.6. The number of nitrogens with two attached hydrogens (primary N) is 1. The molecule has 0 spiro atoms. The third-order valence-corrected chi connectivity index (χ3v) is 4.88. The van der Waals surface area contributed by atoms with Crippen molar-refractivity contribution in [2.24, 2.45) is 5.73 Å². The van der Waals surface area contributed by atoms with Gasteiger partial charge in [0.2, 0.25) is 5.75 Å². The van der Waals surface area contributed by atoms with Crippen molar-refractivity contribution in [1.29, 1.82) is 0 Å². The summed E-state index contributed by atoms with van der Waals surface area (Å²) in [5.41, 5.74) is 7.92. The number of aromatic amines is 1. The number of aromatic nitrogens is 1. The molecular formula is C18H23BrN2O5. The summed E-state index contributed by atoms with van der Waals surface area (Å²) in [6, 6.07) is 3.59. The number of benzene rings is 1. The number of nitrogens with one attached hydrogen (secondary N) is 1. The van der Waals surface area contributed by atoms with Gasteiger partial charge in [0.25, 0.3) is 0 Å². The molecule has 142 valence electrons. The van der Waals surface area contributed by atoms with E-state index < -0.39 is 5.97 Å². The van der Waals surface area contributed by atoms with E-state index in [1.54, 1.807) is 13.2 Å².